The van der Waals surface area contributed by atoms with E-state index < -0.39 is 5.97 Å². The monoisotopic (exact) mass is 350 g/mol. The van der Waals surface area contributed by atoms with Crippen LogP contribution in [0.1, 0.15) is 38.7 Å². The summed E-state index contributed by atoms with van der Waals surface area (Å²) in [5.41, 5.74) is 0.883. The largest absolute Gasteiger partial charge is 0.464 e. The number of aromatic nitrogens is 1. The van der Waals surface area contributed by atoms with Gasteiger partial charge in [0, 0.05) is 22.0 Å². The fraction of sp³-hybridized carbons (Fsp3) is 0.312. The number of amides is 1. The first-order valence-electron chi connectivity index (χ1n) is 7.17. The Hall–Kier alpha value is -1.92. The van der Waals surface area contributed by atoms with Crippen molar-refractivity contribution in [3.05, 3.63) is 50.9 Å². The van der Waals surface area contributed by atoms with E-state index in [4.69, 9.17) is 11.6 Å². The molecule has 1 heterocycles. The van der Waals surface area contributed by atoms with Gasteiger partial charge in [-0.1, -0.05) is 11.6 Å². The van der Waals surface area contributed by atoms with Gasteiger partial charge in [0.05, 0.1) is 13.7 Å². The number of nitrogens with zero attached hydrogens (tertiary/aromatic N) is 2. The van der Waals surface area contributed by atoms with Gasteiger partial charge in [0.2, 0.25) is 0 Å². The molecule has 1 fully saturated rings. The molecule has 1 saturated carbocycles. The number of esters is 1. The van der Waals surface area contributed by atoms with E-state index in [-0.39, 0.29) is 17.6 Å². The summed E-state index contributed by atoms with van der Waals surface area (Å²) in [5, 5.41) is 2.97. The van der Waals surface area contributed by atoms with Crippen LogP contribution in [0.2, 0.25) is 5.02 Å². The van der Waals surface area contributed by atoms with Gasteiger partial charge in [-0.25, -0.2) is 9.78 Å². The average Bonchev–Trinajstić information content (AvgIpc) is 3.30. The van der Waals surface area contributed by atoms with Crippen LogP contribution >= 0.6 is 22.9 Å². The maximum absolute atomic E-state index is 12.7. The number of rotatable bonds is 5. The minimum Gasteiger partial charge on any atom is -0.464 e. The molecule has 0 unspecified atom stereocenters. The summed E-state index contributed by atoms with van der Waals surface area (Å²) < 4.78 is 4.65. The van der Waals surface area contributed by atoms with Crippen LogP contribution in [-0.4, -0.2) is 34.9 Å². The van der Waals surface area contributed by atoms with Gasteiger partial charge >= 0.3 is 5.97 Å². The van der Waals surface area contributed by atoms with E-state index in [0.29, 0.717) is 17.1 Å². The highest BCUT2D eigenvalue weighted by atomic mass is 35.5. The zero-order valence-corrected chi connectivity index (χ0v) is 14.1. The van der Waals surface area contributed by atoms with E-state index in [1.54, 1.807) is 29.6 Å². The molecule has 3 rings (SSSR count). The summed E-state index contributed by atoms with van der Waals surface area (Å²) in [7, 11) is 1.32. The number of carbonyl (C=O) groups is 2. The predicted octanol–water partition coefficient (Wildman–Crippen LogP) is 3.39. The van der Waals surface area contributed by atoms with Gasteiger partial charge in [0.1, 0.15) is 5.01 Å². The molecule has 5 nitrogen and oxygen atoms in total. The SMILES string of the molecule is COC(=O)c1csc(CN(C(=O)c2ccc(Cl)cc2)C2CC2)n1. The molecule has 1 amide bonds. The van der Waals surface area contributed by atoms with Crippen molar-refractivity contribution in [2.24, 2.45) is 0 Å². The molecule has 1 aliphatic carbocycles. The summed E-state index contributed by atoms with van der Waals surface area (Å²) in [6, 6.07) is 7.10. The summed E-state index contributed by atoms with van der Waals surface area (Å²) >= 11 is 7.22. The molecule has 0 bridgehead atoms. The van der Waals surface area contributed by atoms with Crippen LogP contribution < -0.4 is 0 Å². The third kappa shape index (κ3) is 3.71. The molecule has 7 heteroatoms. The Labute approximate surface area is 142 Å². The van der Waals surface area contributed by atoms with Crippen LogP contribution in [0.3, 0.4) is 0 Å². The number of ether oxygens (including phenoxy) is 1. The molecular formula is C16H15ClN2O3S. The lowest BCUT2D eigenvalue weighted by atomic mass is 10.2. The topological polar surface area (TPSA) is 59.5 Å². The molecule has 2 aromatic rings. The summed E-state index contributed by atoms with van der Waals surface area (Å²) in [4.78, 5) is 30.2. The molecule has 23 heavy (non-hydrogen) atoms. The molecule has 1 aromatic heterocycles. The quantitative estimate of drug-likeness (QED) is 0.775. The third-order valence-corrected chi connectivity index (χ3v) is 4.68. The van der Waals surface area contributed by atoms with E-state index >= 15 is 0 Å². The zero-order valence-electron chi connectivity index (χ0n) is 12.5. The first-order chi connectivity index (χ1) is 11.1. The number of benzene rings is 1. The van der Waals surface area contributed by atoms with Crippen molar-refractivity contribution in [2.45, 2.75) is 25.4 Å². The molecule has 0 atom stereocenters. The van der Waals surface area contributed by atoms with Gasteiger partial charge in [-0.05, 0) is 37.1 Å². The van der Waals surface area contributed by atoms with Crippen LogP contribution in [0, 0.1) is 0 Å². The lowest BCUT2D eigenvalue weighted by molar-refractivity contribution is 0.0594. The van der Waals surface area contributed by atoms with E-state index in [2.05, 4.69) is 9.72 Å². The molecule has 0 N–H and O–H groups in total. The van der Waals surface area contributed by atoms with Crippen molar-refractivity contribution >= 4 is 34.8 Å². The lowest BCUT2D eigenvalue weighted by Crippen LogP contribution is -2.32. The fourth-order valence-electron chi connectivity index (χ4n) is 2.24. The molecule has 0 saturated heterocycles. The first kappa shape index (κ1) is 16.0. The Bertz CT molecular complexity index is 725. The second-order valence-electron chi connectivity index (χ2n) is 5.29. The summed E-state index contributed by atoms with van der Waals surface area (Å²) in [6.45, 7) is 0.397. The molecule has 120 valence electrons. The van der Waals surface area contributed by atoms with Crippen molar-refractivity contribution in [1.29, 1.82) is 0 Å². The van der Waals surface area contributed by atoms with Crippen LogP contribution in [0.25, 0.3) is 0 Å². The Morgan fingerprint density at radius 1 is 1.35 bits per heavy atom. The number of carbonyl (C=O) groups excluding carboxylic acids is 2. The van der Waals surface area contributed by atoms with Gasteiger partial charge in [-0.15, -0.1) is 11.3 Å². The van der Waals surface area contributed by atoms with Gasteiger partial charge in [0.15, 0.2) is 5.69 Å². The highest BCUT2D eigenvalue weighted by Crippen LogP contribution is 2.30. The molecule has 1 aliphatic rings. The Kier molecular flexibility index (Phi) is 4.63. The average molecular weight is 351 g/mol. The molecule has 1 aromatic carbocycles. The summed E-state index contributed by atoms with van der Waals surface area (Å²) in [6.07, 6.45) is 1.99. The lowest BCUT2D eigenvalue weighted by Gasteiger charge is -2.21. The molecular weight excluding hydrogens is 336 g/mol. The standard InChI is InChI=1S/C16H15ClN2O3S/c1-22-16(21)13-9-23-14(18-13)8-19(12-6-7-12)15(20)10-2-4-11(17)5-3-10/h2-5,9,12H,6-8H2,1H3. The summed E-state index contributed by atoms with van der Waals surface area (Å²) in [5.74, 6) is -0.506. The van der Waals surface area contributed by atoms with E-state index in [1.807, 2.05) is 4.90 Å². The number of halogens is 1. The minimum atomic E-state index is -0.463. The van der Waals surface area contributed by atoms with Crippen molar-refractivity contribution in [1.82, 2.24) is 9.88 Å². The number of hydrogen-bond donors (Lipinski definition) is 0. The van der Waals surface area contributed by atoms with Crippen molar-refractivity contribution in [3.63, 3.8) is 0 Å². The van der Waals surface area contributed by atoms with Crippen LogP contribution in [0.15, 0.2) is 29.6 Å². The second kappa shape index (κ2) is 6.68. The Balaban J connectivity index is 1.77. The van der Waals surface area contributed by atoms with Gasteiger partial charge < -0.3 is 9.64 Å². The number of hydrogen-bond acceptors (Lipinski definition) is 5. The van der Waals surface area contributed by atoms with Gasteiger partial charge in [0.25, 0.3) is 5.91 Å². The van der Waals surface area contributed by atoms with Crippen LogP contribution in [0.4, 0.5) is 0 Å². The van der Waals surface area contributed by atoms with Crippen molar-refractivity contribution in [3.8, 4) is 0 Å². The second-order valence-corrected chi connectivity index (χ2v) is 6.67. The smallest absolute Gasteiger partial charge is 0.357 e. The zero-order chi connectivity index (χ0) is 16.4. The Morgan fingerprint density at radius 3 is 2.65 bits per heavy atom. The molecule has 0 aliphatic heterocycles. The number of thiazole rings is 1. The first-order valence-corrected chi connectivity index (χ1v) is 8.43. The van der Waals surface area contributed by atoms with Crippen molar-refractivity contribution < 1.29 is 14.3 Å². The highest BCUT2D eigenvalue weighted by molar-refractivity contribution is 7.09. The normalized spacial score (nSPS) is 13.7. The van der Waals surface area contributed by atoms with Gasteiger partial charge in [-0.3, -0.25) is 4.79 Å². The maximum Gasteiger partial charge on any atom is 0.357 e. The predicted molar refractivity (Wildman–Crippen MR) is 87.8 cm³/mol. The fourth-order valence-corrected chi connectivity index (χ4v) is 3.13. The third-order valence-electron chi connectivity index (χ3n) is 3.59. The minimum absolute atomic E-state index is 0.0426. The Morgan fingerprint density at radius 2 is 2.04 bits per heavy atom. The van der Waals surface area contributed by atoms with E-state index in [1.165, 1.54) is 18.4 Å². The highest BCUT2D eigenvalue weighted by Gasteiger charge is 2.33. The molecule has 0 spiro atoms. The van der Waals surface area contributed by atoms with Crippen LogP contribution in [-0.2, 0) is 11.3 Å². The van der Waals surface area contributed by atoms with Crippen LogP contribution in [0.5, 0.6) is 0 Å². The van der Waals surface area contributed by atoms with Crippen molar-refractivity contribution in [2.75, 3.05) is 7.11 Å². The van der Waals surface area contributed by atoms with E-state index in [0.717, 1.165) is 17.8 Å². The maximum atomic E-state index is 12.7. The van der Waals surface area contributed by atoms with E-state index in [9.17, 15) is 9.59 Å². The number of methoxy groups -OCH3 is 1. The molecule has 0 radical (unpaired) electrons. The van der Waals surface area contributed by atoms with Gasteiger partial charge in [-0.2, -0.15) is 0 Å².